The number of nitrogens with one attached hydrogen (secondary N) is 1. The number of nitrogens with zero attached hydrogens (tertiary/aromatic N) is 2. The van der Waals surface area contributed by atoms with Crippen LogP contribution in [0.1, 0.15) is 131 Å². The number of carbonyl (C=O) groups is 1. The number of sulfone groups is 1. The van der Waals surface area contributed by atoms with Crippen molar-refractivity contribution in [3.05, 3.63) is 47.7 Å². The second-order valence-electron chi connectivity index (χ2n) is 20.9. The van der Waals surface area contributed by atoms with Crippen molar-refractivity contribution in [3.8, 4) is 5.88 Å². The Morgan fingerprint density at radius 1 is 0.930 bits per heavy atom. The van der Waals surface area contributed by atoms with Crippen LogP contribution in [0.15, 0.2) is 47.7 Å². The molecule has 2 heterocycles. The third-order valence-electron chi connectivity index (χ3n) is 18.1. The van der Waals surface area contributed by atoms with E-state index in [4.69, 9.17) is 9.47 Å². The van der Waals surface area contributed by atoms with Gasteiger partial charge in [-0.25, -0.2) is 13.4 Å². The van der Waals surface area contributed by atoms with E-state index in [2.05, 4.69) is 55.0 Å². The first kappa shape index (κ1) is 41.5. The number of carbonyl (C=O) groups excluding carboxylic acids is 1. The monoisotopic (exact) mass is 804 g/mol. The van der Waals surface area contributed by atoms with Crippen LogP contribution in [0.4, 0.5) is 0 Å². The first-order chi connectivity index (χ1) is 27.1. The number of pyridine rings is 1. The molecule has 0 aromatic carbocycles. The van der Waals surface area contributed by atoms with Crippen LogP contribution in [-0.2, 0) is 19.4 Å². The molecule has 8 unspecified atom stereocenters. The molecule has 1 aliphatic heterocycles. The number of hydrogen-bond donors (Lipinski definition) is 1. The highest BCUT2D eigenvalue weighted by Gasteiger charge is 2.68. The molecule has 7 aliphatic rings. The van der Waals surface area contributed by atoms with Crippen molar-refractivity contribution in [3.63, 3.8) is 0 Å². The second kappa shape index (κ2) is 15.7. The van der Waals surface area contributed by atoms with Gasteiger partial charge in [0.05, 0.1) is 29.6 Å². The highest BCUT2D eigenvalue weighted by Crippen LogP contribution is 2.75. The van der Waals surface area contributed by atoms with Gasteiger partial charge >= 0.3 is 5.97 Å². The molecular weight excluding hydrogens is 731 g/mol. The SMILES string of the molecule is CC(C)OC(=O)C1(CCOc2ccccn2)CC=C(C2=CC[C@@]3(C)C(CCC4(C)C3CCC3C5CCCC5(NCCN5CCS(=O)(=O)CC5)CC[C@]34C)C2C)CC1. The zero-order valence-corrected chi connectivity index (χ0v) is 36.9. The summed E-state index contributed by atoms with van der Waals surface area (Å²) >= 11 is 0. The van der Waals surface area contributed by atoms with Gasteiger partial charge in [0.15, 0.2) is 9.84 Å². The maximum atomic E-state index is 13.7. The molecule has 57 heavy (non-hydrogen) atoms. The van der Waals surface area contributed by atoms with Gasteiger partial charge in [-0.3, -0.25) is 4.79 Å². The number of aromatic nitrogens is 1. The van der Waals surface area contributed by atoms with Gasteiger partial charge < -0.3 is 19.7 Å². The summed E-state index contributed by atoms with van der Waals surface area (Å²) in [5, 5.41) is 4.19. The van der Waals surface area contributed by atoms with Gasteiger partial charge in [0, 0.05) is 44.0 Å². The van der Waals surface area contributed by atoms with E-state index in [0.29, 0.717) is 78.0 Å². The van der Waals surface area contributed by atoms with Crippen molar-refractivity contribution >= 4 is 15.8 Å². The van der Waals surface area contributed by atoms with Gasteiger partial charge in [0.25, 0.3) is 0 Å². The lowest BCUT2D eigenvalue weighted by Gasteiger charge is -2.71. The fraction of sp³-hybridized carbons (Fsp3) is 0.792. The summed E-state index contributed by atoms with van der Waals surface area (Å²) in [5.74, 6) is 4.61. The van der Waals surface area contributed by atoms with Crippen LogP contribution in [-0.4, -0.2) is 80.2 Å². The van der Waals surface area contributed by atoms with Crippen LogP contribution in [0.2, 0.25) is 0 Å². The van der Waals surface area contributed by atoms with Gasteiger partial charge in [0.2, 0.25) is 5.88 Å². The average Bonchev–Trinajstić information content (AvgIpc) is 3.60. The molecule has 1 saturated heterocycles. The minimum Gasteiger partial charge on any atom is -0.478 e. The van der Waals surface area contributed by atoms with Gasteiger partial charge in [0.1, 0.15) is 0 Å². The standard InChI is InChI=1S/C48H73N3O5S/c1-34(2)56-43(52)47(25-31-55-42-11-7-8-26-49-42)21-14-36(15-22-47)37-16-19-44(4)38(35(37)3)17-20-46(6)41(44)13-12-39-40-10-9-18-48(40,24-23-45(39,46)5)50-27-28-51-29-32-57(53,54)33-30-51/h7-8,11,14,16,26,34-35,38-41,50H,9-10,12-13,15,17-25,27-33H2,1-6H3/t35?,38?,39?,40?,41?,44-,45+,46?,47?,48?/m0/s1. The van der Waals surface area contributed by atoms with Crippen molar-refractivity contribution in [1.82, 2.24) is 15.2 Å². The van der Waals surface area contributed by atoms with Crippen molar-refractivity contribution in [2.45, 2.75) is 143 Å². The Labute approximate surface area is 344 Å². The van der Waals surface area contributed by atoms with Crippen LogP contribution >= 0.6 is 0 Å². The minimum absolute atomic E-state index is 0.0864. The van der Waals surface area contributed by atoms with E-state index in [1.165, 1.54) is 69.8 Å². The fourth-order valence-electron chi connectivity index (χ4n) is 14.8. The summed E-state index contributed by atoms with van der Waals surface area (Å²) in [4.78, 5) is 20.4. The molecule has 0 bridgehead atoms. The summed E-state index contributed by atoms with van der Waals surface area (Å²) in [6.45, 7) is 18.3. The Bertz CT molecular complexity index is 1800. The van der Waals surface area contributed by atoms with Crippen LogP contribution in [0.3, 0.4) is 0 Å². The van der Waals surface area contributed by atoms with E-state index in [-0.39, 0.29) is 17.6 Å². The lowest BCUT2D eigenvalue weighted by Crippen LogP contribution is -2.67. The number of ether oxygens (including phenoxy) is 2. The molecule has 9 heteroatoms. The number of hydrogen-bond acceptors (Lipinski definition) is 8. The molecule has 8 rings (SSSR count). The van der Waals surface area contributed by atoms with Crippen LogP contribution in [0, 0.1) is 51.2 Å². The van der Waals surface area contributed by atoms with Crippen LogP contribution in [0.5, 0.6) is 5.88 Å². The first-order valence-corrected chi connectivity index (χ1v) is 24.8. The van der Waals surface area contributed by atoms with Gasteiger partial charge in [-0.15, -0.1) is 0 Å². The largest absolute Gasteiger partial charge is 0.478 e. The lowest BCUT2D eigenvalue weighted by molar-refractivity contribution is -0.212. The molecule has 0 amide bonds. The predicted molar refractivity (Wildman–Crippen MR) is 227 cm³/mol. The van der Waals surface area contributed by atoms with E-state index in [1.807, 2.05) is 32.0 Å². The van der Waals surface area contributed by atoms with Crippen molar-refractivity contribution in [1.29, 1.82) is 0 Å². The normalized spacial score (nSPS) is 41.5. The number of allylic oxidation sites excluding steroid dienone is 4. The third-order valence-corrected chi connectivity index (χ3v) is 19.7. The molecule has 0 spiro atoms. The fourth-order valence-corrected chi connectivity index (χ4v) is 16.0. The molecule has 6 aliphatic carbocycles. The Hall–Kier alpha value is -2.23. The highest BCUT2D eigenvalue weighted by atomic mass is 32.2. The van der Waals surface area contributed by atoms with Crippen molar-refractivity contribution < 1.29 is 22.7 Å². The third kappa shape index (κ3) is 7.38. The Kier molecular flexibility index (Phi) is 11.4. The zero-order chi connectivity index (χ0) is 40.3. The maximum Gasteiger partial charge on any atom is 0.312 e. The average molecular weight is 804 g/mol. The van der Waals surface area contributed by atoms with Gasteiger partial charge in [-0.1, -0.05) is 52.3 Å². The van der Waals surface area contributed by atoms with Crippen LogP contribution in [0.25, 0.3) is 0 Å². The predicted octanol–water partition coefficient (Wildman–Crippen LogP) is 8.97. The van der Waals surface area contributed by atoms with E-state index >= 15 is 0 Å². The van der Waals surface area contributed by atoms with Crippen LogP contribution < -0.4 is 10.1 Å². The molecule has 8 nitrogen and oxygen atoms in total. The van der Waals surface area contributed by atoms with Gasteiger partial charge in [-0.2, -0.15) is 0 Å². The van der Waals surface area contributed by atoms with Crippen molar-refractivity contribution in [2.24, 2.45) is 51.2 Å². The van der Waals surface area contributed by atoms with E-state index < -0.39 is 15.3 Å². The molecule has 316 valence electrons. The number of esters is 1. The minimum atomic E-state index is -2.84. The molecule has 10 atom stereocenters. The lowest BCUT2D eigenvalue weighted by atomic mass is 9.34. The molecule has 1 aromatic rings. The molecule has 1 N–H and O–H groups in total. The highest BCUT2D eigenvalue weighted by molar-refractivity contribution is 7.91. The smallest absolute Gasteiger partial charge is 0.312 e. The maximum absolute atomic E-state index is 13.7. The molecule has 0 radical (unpaired) electrons. The number of fused-ring (bicyclic) bond motifs is 7. The Balaban J connectivity index is 0.953. The topological polar surface area (TPSA) is 97.8 Å². The molecule has 1 aromatic heterocycles. The van der Waals surface area contributed by atoms with Crippen molar-refractivity contribution in [2.75, 3.05) is 44.3 Å². The first-order valence-electron chi connectivity index (χ1n) is 23.0. The van der Waals surface area contributed by atoms with E-state index in [9.17, 15) is 13.2 Å². The Morgan fingerprint density at radius 2 is 1.74 bits per heavy atom. The zero-order valence-electron chi connectivity index (χ0n) is 36.1. The molecule has 4 saturated carbocycles. The Morgan fingerprint density at radius 3 is 2.46 bits per heavy atom. The summed E-state index contributed by atoms with van der Waals surface area (Å²) < 4.78 is 35.9. The number of rotatable bonds is 11. The van der Waals surface area contributed by atoms with E-state index in [1.54, 1.807) is 11.8 Å². The molecule has 5 fully saturated rings. The van der Waals surface area contributed by atoms with E-state index in [0.717, 1.165) is 43.7 Å². The second-order valence-corrected chi connectivity index (χ2v) is 23.2. The van der Waals surface area contributed by atoms with Gasteiger partial charge in [-0.05, 0) is 160 Å². The summed E-state index contributed by atoms with van der Waals surface area (Å²) in [7, 11) is -2.84. The summed E-state index contributed by atoms with van der Waals surface area (Å²) in [6.07, 6.45) is 22.9. The summed E-state index contributed by atoms with van der Waals surface area (Å²) in [6, 6.07) is 5.68. The summed E-state index contributed by atoms with van der Waals surface area (Å²) in [5.41, 5.74) is 3.73. The molecular formula is C48H73N3O5S. The quantitative estimate of drug-likeness (QED) is 0.222.